The van der Waals surface area contributed by atoms with E-state index in [1.54, 1.807) is 17.9 Å². The van der Waals surface area contributed by atoms with Crippen LogP contribution in [0.3, 0.4) is 0 Å². The van der Waals surface area contributed by atoms with Gasteiger partial charge in [0.05, 0.1) is 13.2 Å². The molecule has 2 rings (SSSR count). The Labute approximate surface area is 154 Å². The Kier molecular flexibility index (Phi) is 6.62. The fourth-order valence-electron chi connectivity index (χ4n) is 3.17. The molecule has 0 aromatic heterocycles. The zero-order chi connectivity index (χ0) is 19.5. The van der Waals surface area contributed by atoms with E-state index in [2.05, 4.69) is 9.62 Å². The molecule has 0 aliphatic carbocycles. The minimum Gasteiger partial charge on any atom is -0.495 e. The highest BCUT2D eigenvalue weighted by molar-refractivity contribution is 7.89. The van der Waals surface area contributed by atoms with Crippen molar-refractivity contribution >= 4 is 15.9 Å². The monoisotopic (exact) mass is 385 g/mol. The molecule has 1 saturated heterocycles. The number of carbonyl (C=O) groups is 1. The quantitative estimate of drug-likeness (QED) is 0.722. The van der Waals surface area contributed by atoms with Gasteiger partial charge >= 0.3 is 0 Å². The molecule has 26 heavy (non-hydrogen) atoms. The van der Waals surface area contributed by atoms with Crippen LogP contribution < -0.4 is 9.46 Å². The van der Waals surface area contributed by atoms with Crippen LogP contribution in [0.25, 0.3) is 0 Å². The van der Waals surface area contributed by atoms with Gasteiger partial charge in [0.1, 0.15) is 10.6 Å². The number of hydrogen-bond donors (Lipinski definition) is 2. The summed E-state index contributed by atoms with van der Waals surface area (Å²) in [4.78, 5) is 16.7. The Bertz CT molecular complexity index is 751. The Morgan fingerprint density at radius 3 is 2.65 bits per heavy atom. The smallest absolute Gasteiger partial charge is 0.254 e. The molecule has 0 saturated carbocycles. The number of methoxy groups -OCH3 is 1. The first-order valence-corrected chi connectivity index (χ1v) is 10.0. The third-order valence-corrected chi connectivity index (χ3v) is 5.90. The standard InChI is InChI=1S/C17H27N3O5S/c1-12-10-19(11-13(2)21)7-8-20(12)17(22)14-5-6-15(25-4)16(9-14)26(23,24)18-3/h5-6,9,12-13,18,21H,7-8,10-11H2,1-4H3/t12-,13-/m1/s1. The van der Waals surface area contributed by atoms with E-state index in [0.717, 1.165) is 0 Å². The van der Waals surface area contributed by atoms with Crippen molar-refractivity contribution in [3.05, 3.63) is 23.8 Å². The molecule has 9 heteroatoms. The summed E-state index contributed by atoms with van der Waals surface area (Å²) >= 11 is 0. The van der Waals surface area contributed by atoms with E-state index < -0.39 is 16.1 Å². The second-order valence-electron chi connectivity index (χ2n) is 6.53. The van der Waals surface area contributed by atoms with Gasteiger partial charge in [0, 0.05) is 37.8 Å². The maximum absolute atomic E-state index is 12.9. The second-order valence-corrected chi connectivity index (χ2v) is 8.38. The Morgan fingerprint density at radius 1 is 1.42 bits per heavy atom. The number of sulfonamides is 1. The molecule has 0 unspecified atom stereocenters. The van der Waals surface area contributed by atoms with Crippen LogP contribution in [0.5, 0.6) is 5.75 Å². The molecule has 1 aromatic carbocycles. The molecule has 1 heterocycles. The number of ether oxygens (including phenoxy) is 1. The summed E-state index contributed by atoms with van der Waals surface area (Å²) in [6.07, 6.45) is -0.416. The summed E-state index contributed by atoms with van der Waals surface area (Å²) in [5.74, 6) is -0.0323. The summed E-state index contributed by atoms with van der Waals surface area (Å²) in [5, 5.41) is 9.53. The minimum atomic E-state index is -3.75. The Hall–Kier alpha value is -1.68. The summed E-state index contributed by atoms with van der Waals surface area (Å²) in [5.41, 5.74) is 0.301. The van der Waals surface area contributed by atoms with Crippen molar-refractivity contribution in [2.24, 2.45) is 0 Å². The van der Waals surface area contributed by atoms with Gasteiger partial charge in [-0.05, 0) is 39.1 Å². The molecule has 1 aliphatic rings. The van der Waals surface area contributed by atoms with E-state index >= 15 is 0 Å². The van der Waals surface area contributed by atoms with Crippen molar-refractivity contribution in [1.82, 2.24) is 14.5 Å². The number of hydrogen-bond acceptors (Lipinski definition) is 6. The highest BCUT2D eigenvalue weighted by Crippen LogP contribution is 2.26. The lowest BCUT2D eigenvalue weighted by Gasteiger charge is -2.40. The van der Waals surface area contributed by atoms with Crippen molar-refractivity contribution in [1.29, 1.82) is 0 Å². The lowest BCUT2D eigenvalue weighted by atomic mass is 10.1. The van der Waals surface area contributed by atoms with Crippen LogP contribution >= 0.6 is 0 Å². The molecule has 0 bridgehead atoms. The predicted molar refractivity (Wildman–Crippen MR) is 97.9 cm³/mol. The van der Waals surface area contributed by atoms with E-state index in [0.29, 0.717) is 31.7 Å². The lowest BCUT2D eigenvalue weighted by molar-refractivity contribution is 0.0383. The fraction of sp³-hybridized carbons (Fsp3) is 0.588. The number of β-amino-alcohol motifs (C(OH)–C–C–N with tert-alkyl or cyclic N) is 1. The van der Waals surface area contributed by atoms with Gasteiger partial charge < -0.3 is 14.7 Å². The van der Waals surface area contributed by atoms with E-state index in [4.69, 9.17) is 4.74 Å². The van der Waals surface area contributed by atoms with Gasteiger partial charge in [-0.3, -0.25) is 9.69 Å². The summed E-state index contributed by atoms with van der Waals surface area (Å²) in [7, 11) is -1.05. The number of nitrogens with zero attached hydrogens (tertiary/aromatic N) is 2. The number of aliphatic hydroxyl groups is 1. The lowest BCUT2D eigenvalue weighted by Crippen LogP contribution is -2.55. The fourth-order valence-corrected chi connectivity index (χ4v) is 4.09. The van der Waals surface area contributed by atoms with E-state index in [1.165, 1.54) is 26.3 Å². The maximum Gasteiger partial charge on any atom is 0.254 e. The first-order valence-electron chi connectivity index (χ1n) is 8.52. The molecule has 0 radical (unpaired) electrons. The molecule has 2 atom stereocenters. The van der Waals surface area contributed by atoms with Crippen molar-refractivity contribution in [2.45, 2.75) is 30.9 Å². The van der Waals surface area contributed by atoms with Crippen LogP contribution in [-0.4, -0.2) is 81.7 Å². The highest BCUT2D eigenvalue weighted by Gasteiger charge is 2.29. The molecule has 1 aromatic rings. The second kappa shape index (κ2) is 8.34. The average Bonchev–Trinajstić information content (AvgIpc) is 2.60. The van der Waals surface area contributed by atoms with Gasteiger partial charge in [-0.25, -0.2) is 13.1 Å². The molecule has 1 amide bonds. The van der Waals surface area contributed by atoms with Crippen molar-refractivity contribution in [3.63, 3.8) is 0 Å². The summed E-state index contributed by atoms with van der Waals surface area (Å²) < 4.78 is 31.7. The summed E-state index contributed by atoms with van der Waals surface area (Å²) in [6, 6.07) is 4.37. The first-order chi connectivity index (χ1) is 12.2. The van der Waals surface area contributed by atoms with Gasteiger partial charge in [0.2, 0.25) is 10.0 Å². The van der Waals surface area contributed by atoms with Crippen molar-refractivity contribution in [3.8, 4) is 5.75 Å². The van der Waals surface area contributed by atoms with Gasteiger partial charge in [-0.2, -0.15) is 0 Å². The molecular weight excluding hydrogens is 358 g/mol. The highest BCUT2D eigenvalue weighted by atomic mass is 32.2. The molecule has 2 N–H and O–H groups in total. The first kappa shape index (κ1) is 20.6. The van der Waals surface area contributed by atoms with E-state index in [1.807, 2.05) is 6.92 Å². The third-order valence-electron chi connectivity index (χ3n) is 4.46. The van der Waals surface area contributed by atoms with Crippen LogP contribution in [0.15, 0.2) is 23.1 Å². The Morgan fingerprint density at radius 2 is 2.12 bits per heavy atom. The topological polar surface area (TPSA) is 99.2 Å². The van der Waals surface area contributed by atoms with Gasteiger partial charge in [0.25, 0.3) is 5.91 Å². The normalized spacial score (nSPS) is 20.0. The molecular formula is C17H27N3O5S. The number of piperazine rings is 1. The average molecular weight is 385 g/mol. The SMILES string of the molecule is CNS(=O)(=O)c1cc(C(=O)N2CCN(C[C@@H](C)O)C[C@H]2C)ccc1OC. The predicted octanol–water partition coefficient (Wildman–Crippen LogP) is 0.130. The van der Waals surface area contributed by atoms with Crippen LogP contribution in [0.2, 0.25) is 0 Å². The maximum atomic E-state index is 12.9. The minimum absolute atomic E-state index is 0.0403. The largest absolute Gasteiger partial charge is 0.495 e. The molecule has 1 aliphatic heterocycles. The van der Waals surface area contributed by atoms with Gasteiger partial charge in [-0.1, -0.05) is 0 Å². The third kappa shape index (κ3) is 4.53. The number of aliphatic hydroxyl groups excluding tert-OH is 1. The van der Waals surface area contributed by atoms with Crippen LogP contribution in [0.1, 0.15) is 24.2 Å². The molecule has 8 nitrogen and oxygen atoms in total. The van der Waals surface area contributed by atoms with Crippen LogP contribution in [0, 0.1) is 0 Å². The number of nitrogens with one attached hydrogen (secondary N) is 1. The zero-order valence-electron chi connectivity index (χ0n) is 15.6. The van der Waals surface area contributed by atoms with Gasteiger partial charge in [0.15, 0.2) is 0 Å². The number of rotatable bonds is 6. The number of amides is 1. The van der Waals surface area contributed by atoms with Crippen molar-refractivity contribution in [2.75, 3.05) is 40.3 Å². The molecule has 1 fully saturated rings. The van der Waals surface area contributed by atoms with E-state index in [9.17, 15) is 18.3 Å². The molecule has 146 valence electrons. The van der Waals surface area contributed by atoms with Crippen molar-refractivity contribution < 1.29 is 23.1 Å². The Balaban J connectivity index is 2.24. The van der Waals surface area contributed by atoms with Gasteiger partial charge in [-0.15, -0.1) is 0 Å². The molecule has 0 spiro atoms. The van der Waals surface area contributed by atoms with E-state index in [-0.39, 0.29) is 22.6 Å². The zero-order valence-corrected chi connectivity index (χ0v) is 16.4. The summed E-state index contributed by atoms with van der Waals surface area (Å²) in [6.45, 7) is 6.10. The van der Waals surface area contributed by atoms with Crippen LogP contribution in [0.4, 0.5) is 0 Å². The number of carbonyl (C=O) groups excluding carboxylic acids is 1. The number of benzene rings is 1. The van der Waals surface area contributed by atoms with Crippen LogP contribution in [-0.2, 0) is 10.0 Å².